The number of piperidine rings is 1. The number of carboxylic acids is 1. The molecule has 2 aliphatic rings. The molecule has 3 N–H and O–H groups in total. The fourth-order valence-electron chi connectivity index (χ4n) is 6.24. The van der Waals surface area contributed by atoms with Crippen molar-refractivity contribution >= 4 is 52.8 Å². The maximum absolute atomic E-state index is 13.8. The molecule has 11 nitrogen and oxygen atoms in total. The highest BCUT2D eigenvalue weighted by Gasteiger charge is 2.56. The minimum absolute atomic E-state index is 0.0170. The molecule has 2 fully saturated rings. The van der Waals surface area contributed by atoms with E-state index in [0.29, 0.717) is 43.7 Å². The number of carboxylic acid groups (broad SMARTS) is 1. The lowest BCUT2D eigenvalue weighted by Gasteiger charge is -2.49. The fourth-order valence-corrected chi connectivity index (χ4v) is 6.77. The highest BCUT2D eigenvalue weighted by atomic mass is 35.5. The third kappa shape index (κ3) is 8.32. The molecule has 2 aliphatic heterocycles. The van der Waals surface area contributed by atoms with Crippen LogP contribution in [0.25, 0.3) is 0 Å². The summed E-state index contributed by atoms with van der Waals surface area (Å²) in [5.41, 5.74) is 0.332. The van der Waals surface area contributed by atoms with Crippen molar-refractivity contribution in [2.24, 2.45) is 5.41 Å². The van der Waals surface area contributed by atoms with E-state index in [-0.39, 0.29) is 38.1 Å². The van der Waals surface area contributed by atoms with Crippen molar-refractivity contribution in [3.63, 3.8) is 0 Å². The van der Waals surface area contributed by atoms with Crippen LogP contribution in [0.2, 0.25) is 10.0 Å². The Kier molecular flexibility index (Phi) is 10.5. The SMILES string of the molecule is CC1(C)CCC[N+](C(=O)OC(C)(C)C)(N2CCCC2C(=O)NC(Cc2ccc(NC(=O)c3c(Cl)cncc3Cl)cc2)C(=O)O)C1. The first-order valence-corrected chi connectivity index (χ1v) is 15.9. The van der Waals surface area contributed by atoms with Gasteiger partial charge in [0, 0.05) is 36.5 Å². The number of nitrogens with one attached hydrogen (secondary N) is 2. The average Bonchev–Trinajstić information content (AvgIpc) is 3.43. The van der Waals surface area contributed by atoms with Crippen LogP contribution in [0.15, 0.2) is 36.7 Å². The number of anilines is 1. The van der Waals surface area contributed by atoms with Gasteiger partial charge >= 0.3 is 12.1 Å². The van der Waals surface area contributed by atoms with Crippen LogP contribution in [0.1, 0.15) is 76.2 Å². The van der Waals surface area contributed by atoms with Crippen LogP contribution in [0, 0.1) is 5.41 Å². The summed E-state index contributed by atoms with van der Waals surface area (Å²) in [5, 5.41) is 17.6. The monoisotopic (exact) mass is 662 g/mol. The van der Waals surface area contributed by atoms with Gasteiger partial charge in [0.05, 0.1) is 15.6 Å². The second-order valence-electron chi connectivity index (χ2n) is 13.6. The number of aliphatic carboxylic acids is 1. The Balaban J connectivity index is 1.47. The lowest BCUT2D eigenvalue weighted by atomic mass is 9.83. The molecular formula is C32H42Cl2N5O6+. The van der Waals surface area contributed by atoms with Gasteiger partial charge in [-0.25, -0.2) is 4.79 Å². The van der Waals surface area contributed by atoms with Crippen LogP contribution in [-0.2, 0) is 20.7 Å². The summed E-state index contributed by atoms with van der Waals surface area (Å²) in [7, 11) is 0. The van der Waals surface area contributed by atoms with E-state index in [0.717, 1.165) is 12.8 Å². The zero-order chi connectivity index (χ0) is 33.2. The van der Waals surface area contributed by atoms with E-state index in [1.54, 1.807) is 24.3 Å². The minimum atomic E-state index is -1.21. The molecule has 244 valence electrons. The number of carbonyl (C=O) groups excluding carboxylic acids is 3. The number of nitrogens with zero attached hydrogens (tertiary/aromatic N) is 3. The van der Waals surface area contributed by atoms with Gasteiger partial charge in [-0.2, -0.15) is 4.79 Å². The Labute approximate surface area is 273 Å². The van der Waals surface area contributed by atoms with E-state index in [2.05, 4.69) is 29.5 Å². The third-order valence-electron chi connectivity index (χ3n) is 8.17. The molecule has 1 aromatic heterocycles. The number of likely N-dealkylation sites (tertiary alicyclic amines) is 1. The predicted octanol–water partition coefficient (Wildman–Crippen LogP) is 5.70. The first kappa shape index (κ1) is 34.6. The standard InChI is InChI=1S/C32H41Cl2N5O6/c1-31(2,3)45-30(44)39(15-7-13-32(4,5)19-39)38-14-6-8-25(38)27(40)37-24(29(42)43)16-20-9-11-21(12-10-20)36-28(41)26-22(33)17-35-18-23(26)34/h9-12,17-18,24-25H,6-8,13-16,19H2,1-5H3,(H2-,36,37,40,41,42,43)/p+1. The number of carbonyl (C=O) groups is 4. The molecule has 0 aliphatic carbocycles. The first-order chi connectivity index (χ1) is 21.0. The Bertz CT molecular complexity index is 1420. The number of halogens is 2. The Morgan fingerprint density at radius 2 is 1.76 bits per heavy atom. The van der Waals surface area contributed by atoms with Crippen molar-refractivity contribution in [3.05, 3.63) is 57.8 Å². The van der Waals surface area contributed by atoms with Crippen LogP contribution in [0.5, 0.6) is 0 Å². The molecule has 4 rings (SSSR count). The van der Waals surface area contributed by atoms with Gasteiger partial charge in [-0.3, -0.25) is 14.6 Å². The van der Waals surface area contributed by atoms with E-state index in [9.17, 15) is 24.3 Å². The zero-order valence-corrected chi connectivity index (χ0v) is 27.9. The average molecular weight is 664 g/mol. The predicted molar refractivity (Wildman–Crippen MR) is 171 cm³/mol. The molecule has 3 heterocycles. The molecule has 2 aromatic rings. The minimum Gasteiger partial charge on any atom is -0.480 e. The maximum atomic E-state index is 13.8. The summed E-state index contributed by atoms with van der Waals surface area (Å²) in [5.74, 6) is -2.12. The molecule has 3 atom stereocenters. The molecule has 0 radical (unpaired) electrons. The number of pyridine rings is 1. The van der Waals surface area contributed by atoms with Crippen molar-refractivity contribution in [2.75, 3.05) is 25.0 Å². The first-order valence-electron chi connectivity index (χ1n) is 15.1. The van der Waals surface area contributed by atoms with Crippen molar-refractivity contribution in [1.29, 1.82) is 0 Å². The van der Waals surface area contributed by atoms with Crippen LogP contribution in [0.3, 0.4) is 0 Å². The Hall–Kier alpha value is -3.25. The van der Waals surface area contributed by atoms with E-state index in [1.165, 1.54) is 12.4 Å². The van der Waals surface area contributed by atoms with Crippen molar-refractivity contribution in [3.8, 4) is 0 Å². The number of rotatable bonds is 8. The normalized spacial score (nSPS) is 22.3. The molecule has 0 bridgehead atoms. The zero-order valence-electron chi connectivity index (χ0n) is 26.4. The van der Waals surface area contributed by atoms with Crippen molar-refractivity contribution in [2.45, 2.75) is 84.4 Å². The van der Waals surface area contributed by atoms with E-state index in [1.807, 2.05) is 25.8 Å². The number of amides is 3. The molecule has 3 amide bonds. The molecule has 0 saturated carbocycles. The quantitative estimate of drug-likeness (QED) is 0.306. The Morgan fingerprint density at radius 3 is 2.33 bits per heavy atom. The number of quaternary nitrogens is 1. The summed E-state index contributed by atoms with van der Waals surface area (Å²) < 4.78 is 5.83. The van der Waals surface area contributed by atoms with Gasteiger partial charge in [0.25, 0.3) is 5.91 Å². The van der Waals surface area contributed by atoms with Gasteiger partial charge in [0.15, 0.2) is 0 Å². The molecule has 0 spiro atoms. The summed E-state index contributed by atoms with van der Waals surface area (Å²) in [6.45, 7) is 11.3. The van der Waals surface area contributed by atoms with Gasteiger partial charge in [-0.1, -0.05) is 49.2 Å². The van der Waals surface area contributed by atoms with Crippen LogP contribution in [-0.4, -0.2) is 80.9 Å². The molecular weight excluding hydrogens is 621 g/mol. The smallest absolute Gasteiger partial charge is 0.480 e. The van der Waals surface area contributed by atoms with Crippen LogP contribution in [0.4, 0.5) is 10.5 Å². The van der Waals surface area contributed by atoms with Gasteiger partial charge in [-0.15, -0.1) is 9.60 Å². The van der Waals surface area contributed by atoms with Gasteiger partial charge < -0.3 is 20.5 Å². The van der Waals surface area contributed by atoms with Crippen molar-refractivity contribution < 1.29 is 33.6 Å². The molecule has 1 aromatic carbocycles. The van der Waals surface area contributed by atoms with Crippen LogP contribution >= 0.6 is 23.2 Å². The number of benzene rings is 1. The number of hydrogen-bond acceptors (Lipinski definition) is 7. The summed E-state index contributed by atoms with van der Waals surface area (Å²) in [6.07, 6.45) is 5.23. The lowest BCUT2D eigenvalue weighted by Crippen LogP contribution is -2.71. The molecule has 2 saturated heterocycles. The van der Waals surface area contributed by atoms with E-state index < -0.39 is 35.5 Å². The van der Waals surface area contributed by atoms with Gasteiger partial charge in [-0.05, 0) is 64.2 Å². The summed E-state index contributed by atoms with van der Waals surface area (Å²) >= 11 is 12.2. The third-order valence-corrected chi connectivity index (χ3v) is 8.74. The summed E-state index contributed by atoms with van der Waals surface area (Å²) in [6, 6.07) is 4.72. The highest BCUT2D eigenvalue weighted by molar-refractivity contribution is 6.40. The topological polar surface area (TPSA) is 138 Å². The number of hydrogen-bond donors (Lipinski definition) is 3. The summed E-state index contributed by atoms with van der Waals surface area (Å²) in [4.78, 5) is 56.4. The van der Waals surface area contributed by atoms with Crippen molar-refractivity contribution in [1.82, 2.24) is 15.3 Å². The second-order valence-corrected chi connectivity index (χ2v) is 14.4. The molecule has 13 heteroatoms. The number of ether oxygens (including phenoxy) is 1. The molecule has 45 heavy (non-hydrogen) atoms. The fraction of sp³-hybridized carbons (Fsp3) is 0.531. The van der Waals surface area contributed by atoms with Gasteiger partial charge in [0.2, 0.25) is 5.91 Å². The van der Waals surface area contributed by atoms with E-state index in [4.69, 9.17) is 27.9 Å². The largest absolute Gasteiger partial charge is 0.536 e. The maximum Gasteiger partial charge on any atom is 0.536 e. The number of aromatic nitrogens is 1. The van der Waals surface area contributed by atoms with Crippen LogP contribution < -0.4 is 10.6 Å². The lowest BCUT2D eigenvalue weighted by molar-refractivity contribution is -0.982. The second kappa shape index (κ2) is 13.6. The van der Waals surface area contributed by atoms with E-state index >= 15 is 0 Å². The van der Waals surface area contributed by atoms with Gasteiger partial charge in [0.1, 0.15) is 30.8 Å². The molecule has 3 unspecified atom stereocenters. The highest BCUT2D eigenvalue weighted by Crippen LogP contribution is 2.39. The Morgan fingerprint density at radius 1 is 1.11 bits per heavy atom.